The zero-order valence-electron chi connectivity index (χ0n) is 15.6. The molecule has 3 rings (SSSR count). The Labute approximate surface area is 187 Å². The molecule has 0 aliphatic carbocycles. The summed E-state index contributed by atoms with van der Waals surface area (Å²) in [7, 11) is 0. The Hall–Kier alpha value is -1.77. The molecule has 0 radical (unpaired) electrons. The minimum absolute atomic E-state index is 0. The zero-order valence-corrected chi connectivity index (χ0v) is 18.0. The van der Waals surface area contributed by atoms with Gasteiger partial charge >= 0.3 is 5.69 Å². The number of hydrogen-bond acceptors (Lipinski definition) is 6. The van der Waals surface area contributed by atoms with E-state index in [9.17, 15) is 15.2 Å². The molecule has 7 nitrogen and oxygen atoms in total. The molecule has 1 aliphatic heterocycles. The minimum atomic E-state index is -0.725. The van der Waals surface area contributed by atoms with E-state index in [0.717, 1.165) is 36.9 Å². The van der Waals surface area contributed by atoms with Gasteiger partial charge in [-0.1, -0.05) is 35.9 Å². The van der Waals surface area contributed by atoms with E-state index in [1.807, 2.05) is 24.3 Å². The first-order valence-electron chi connectivity index (χ1n) is 8.80. The van der Waals surface area contributed by atoms with Crippen LogP contribution in [-0.2, 0) is 0 Å². The summed E-state index contributed by atoms with van der Waals surface area (Å²) in [5.74, 6) is 0.171. The van der Waals surface area contributed by atoms with Crippen LogP contribution < -0.4 is 9.64 Å². The average molecular weight is 465 g/mol. The van der Waals surface area contributed by atoms with E-state index in [2.05, 4.69) is 9.80 Å². The Bertz CT molecular complexity index is 789. The number of ether oxygens (including phenoxy) is 1. The fourth-order valence-electron chi connectivity index (χ4n) is 3.15. The lowest BCUT2D eigenvalue weighted by Crippen LogP contribution is -2.49. The molecule has 0 spiro atoms. The first kappa shape index (κ1) is 25.3. The average Bonchev–Trinajstić information content (AvgIpc) is 2.68. The standard InChI is InChI=1S/C19H22ClN3O4.2ClH/c20-16-5-1-2-6-17(16)22-11-9-21(10-12-22)13-15(24)14-27-19-8-4-3-7-18(19)23(25)26;;/h1-8,15,24H,9-14H2;2*1H. The summed E-state index contributed by atoms with van der Waals surface area (Å²) in [5.41, 5.74) is 0.928. The highest BCUT2D eigenvalue weighted by Gasteiger charge is 2.21. The van der Waals surface area contributed by atoms with E-state index >= 15 is 0 Å². The third kappa shape index (κ3) is 6.90. The maximum absolute atomic E-state index is 11.0. The Morgan fingerprint density at radius 3 is 2.34 bits per heavy atom. The van der Waals surface area contributed by atoms with Crippen LogP contribution in [0.4, 0.5) is 11.4 Å². The molecule has 0 aromatic heterocycles. The molecule has 1 unspecified atom stereocenters. The van der Waals surface area contributed by atoms with Crippen molar-refractivity contribution in [2.24, 2.45) is 0 Å². The number of piperazine rings is 1. The van der Waals surface area contributed by atoms with Crippen molar-refractivity contribution < 1.29 is 14.8 Å². The molecule has 0 saturated carbocycles. The number of nitro groups is 1. The van der Waals surface area contributed by atoms with E-state index in [4.69, 9.17) is 16.3 Å². The molecule has 1 saturated heterocycles. The van der Waals surface area contributed by atoms with Crippen LogP contribution >= 0.6 is 36.4 Å². The fraction of sp³-hybridized carbons (Fsp3) is 0.368. The number of nitro benzene ring substituents is 1. The number of nitrogens with zero attached hydrogens (tertiary/aromatic N) is 3. The lowest BCUT2D eigenvalue weighted by molar-refractivity contribution is -0.385. The van der Waals surface area contributed by atoms with Gasteiger partial charge in [-0.15, -0.1) is 24.8 Å². The Kier molecular flexibility index (Phi) is 10.5. The van der Waals surface area contributed by atoms with Crippen LogP contribution in [0.2, 0.25) is 5.02 Å². The number of halogens is 3. The second-order valence-corrected chi connectivity index (χ2v) is 6.84. The quantitative estimate of drug-likeness (QED) is 0.498. The monoisotopic (exact) mass is 463 g/mol. The maximum Gasteiger partial charge on any atom is 0.310 e. The zero-order chi connectivity index (χ0) is 19.2. The first-order valence-corrected chi connectivity index (χ1v) is 9.18. The second-order valence-electron chi connectivity index (χ2n) is 6.43. The summed E-state index contributed by atoms with van der Waals surface area (Å²) >= 11 is 6.25. The van der Waals surface area contributed by atoms with Crippen LogP contribution in [-0.4, -0.2) is 60.4 Å². The summed E-state index contributed by atoms with van der Waals surface area (Å²) in [5, 5.41) is 22.0. The number of anilines is 1. The van der Waals surface area contributed by atoms with Crippen LogP contribution in [0.25, 0.3) is 0 Å². The van der Waals surface area contributed by atoms with E-state index in [1.54, 1.807) is 12.1 Å². The normalized spacial score (nSPS) is 15.0. The van der Waals surface area contributed by atoms with Gasteiger partial charge in [-0.2, -0.15) is 0 Å². The van der Waals surface area contributed by atoms with E-state index in [1.165, 1.54) is 12.1 Å². The van der Waals surface area contributed by atoms with Crippen molar-refractivity contribution in [3.63, 3.8) is 0 Å². The van der Waals surface area contributed by atoms with Crippen molar-refractivity contribution in [1.29, 1.82) is 0 Å². The third-order valence-electron chi connectivity index (χ3n) is 4.53. The maximum atomic E-state index is 11.0. The number of hydrogen-bond donors (Lipinski definition) is 1. The molecule has 1 atom stereocenters. The molecule has 2 aromatic rings. The molecule has 1 heterocycles. The highest BCUT2D eigenvalue weighted by molar-refractivity contribution is 6.33. The highest BCUT2D eigenvalue weighted by Crippen LogP contribution is 2.27. The molecule has 1 fully saturated rings. The highest BCUT2D eigenvalue weighted by atomic mass is 35.5. The van der Waals surface area contributed by atoms with Gasteiger partial charge in [0.15, 0.2) is 5.75 Å². The number of aliphatic hydroxyl groups is 1. The molecule has 0 amide bonds. The predicted molar refractivity (Wildman–Crippen MR) is 119 cm³/mol. The second kappa shape index (κ2) is 12.0. The molecular formula is C19H24Cl3N3O4. The van der Waals surface area contributed by atoms with Gasteiger partial charge in [0, 0.05) is 38.8 Å². The largest absolute Gasteiger partial charge is 0.484 e. The third-order valence-corrected chi connectivity index (χ3v) is 4.85. The van der Waals surface area contributed by atoms with Gasteiger partial charge in [0.2, 0.25) is 0 Å². The van der Waals surface area contributed by atoms with Gasteiger partial charge in [-0.3, -0.25) is 15.0 Å². The van der Waals surface area contributed by atoms with Gasteiger partial charge in [0.05, 0.1) is 15.6 Å². The van der Waals surface area contributed by atoms with Gasteiger partial charge in [-0.25, -0.2) is 0 Å². The number of benzene rings is 2. The van der Waals surface area contributed by atoms with Gasteiger partial charge in [0.25, 0.3) is 0 Å². The van der Waals surface area contributed by atoms with Gasteiger partial charge < -0.3 is 14.7 Å². The lowest BCUT2D eigenvalue weighted by atomic mass is 10.2. The van der Waals surface area contributed by atoms with Crippen LogP contribution in [0.3, 0.4) is 0 Å². The number of rotatable bonds is 7. The summed E-state index contributed by atoms with van der Waals surface area (Å²) in [6.45, 7) is 3.71. The van der Waals surface area contributed by atoms with Crippen LogP contribution in [0, 0.1) is 10.1 Å². The van der Waals surface area contributed by atoms with Crippen molar-refractivity contribution in [3.05, 3.63) is 63.7 Å². The van der Waals surface area contributed by atoms with Crippen LogP contribution in [0.15, 0.2) is 48.5 Å². The summed E-state index contributed by atoms with van der Waals surface area (Å²) in [6.07, 6.45) is -0.725. The topological polar surface area (TPSA) is 79.1 Å². The smallest absolute Gasteiger partial charge is 0.310 e. The molecule has 29 heavy (non-hydrogen) atoms. The van der Waals surface area contributed by atoms with E-state index < -0.39 is 11.0 Å². The molecule has 1 aliphatic rings. The van der Waals surface area contributed by atoms with E-state index in [0.29, 0.717) is 6.54 Å². The number of β-amino-alcohol motifs (C(OH)–C–C–N with tert-alkyl or cyclic N) is 1. The van der Waals surface area contributed by atoms with Crippen LogP contribution in [0.1, 0.15) is 0 Å². The van der Waals surface area contributed by atoms with Crippen molar-refractivity contribution in [1.82, 2.24) is 4.90 Å². The number of aliphatic hydroxyl groups excluding tert-OH is 1. The van der Waals surface area contributed by atoms with Gasteiger partial charge in [-0.05, 0) is 18.2 Å². The van der Waals surface area contributed by atoms with E-state index in [-0.39, 0.29) is 42.9 Å². The molecular weight excluding hydrogens is 441 g/mol. The summed E-state index contributed by atoms with van der Waals surface area (Å²) < 4.78 is 5.46. The molecule has 10 heteroatoms. The van der Waals surface area contributed by atoms with Crippen molar-refractivity contribution in [2.75, 3.05) is 44.2 Å². The van der Waals surface area contributed by atoms with Crippen molar-refractivity contribution >= 4 is 47.8 Å². The minimum Gasteiger partial charge on any atom is -0.484 e. The van der Waals surface area contributed by atoms with Crippen molar-refractivity contribution in [3.8, 4) is 5.75 Å². The fourth-order valence-corrected chi connectivity index (χ4v) is 3.40. The van der Waals surface area contributed by atoms with Crippen LogP contribution in [0.5, 0.6) is 5.75 Å². The molecule has 0 bridgehead atoms. The summed E-state index contributed by atoms with van der Waals surface area (Å²) in [6, 6.07) is 13.9. The number of para-hydroxylation sites is 3. The SMILES string of the molecule is Cl.Cl.O=[N+]([O-])c1ccccc1OCC(O)CN1CCN(c2ccccc2Cl)CC1. The Balaban J connectivity index is 0.00000210. The molecule has 160 valence electrons. The summed E-state index contributed by atoms with van der Waals surface area (Å²) in [4.78, 5) is 14.9. The molecule has 1 N–H and O–H groups in total. The molecule has 2 aromatic carbocycles. The lowest BCUT2D eigenvalue weighted by Gasteiger charge is -2.37. The Morgan fingerprint density at radius 2 is 1.69 bits per heavy atom. The first-order chi connectivity index (χ1) is 13.0. The van der Waals surface area contributed by atoms with Gasteiger partial charge in [0.1, 0.15) is 12.7 Å². The predicted octanol–water partition coefficient (Wildman–Crippen LogP) is 3.65. The van der Waals surface area contributed by atoms with Crippen molar-refractivity contribution in [2.45, 2.75) is 6.10 Å². The Morgan fingerprint density at radius 1 is 1.07 bits per heavy atom.